The Balaban J connectivity index is 2.85. The SMILES string of the molecule is N#CCCc1ccc(C(F)F)cc1I. The van der Waals surface area contributed by atoms with Crippen molar-refractivity contribution in [2.75, 3.05) is 0 Å². The van der Waals surface area contributed by atoms with Crippen LogP contribution in [0.4, 0.5) is 8.78 Å². The van der Waals surface area contributed by atoms with Gasteiger partial charge in [-0.1, -0.05) is 12.1 Å². The Bertz CT molecular complexity index is 358. The number of nitriles is 1. The Hall–Kier alpha value is -0.700. The van der Waals surface area contributed by atoms with Gasteiger partial charge in [-0.25, -0.2) is 8.78 Å². The minimum Gasteiger partial charge on any atom is -0.205 e. The van der Waals surface area contributed by atoms with Gasteiger partial charge in [-0.2, -0.15) is 5.26 Å². The molecule has 0 saturated heterocycles. The van der Waals surface area contributed by atoms with Gasteiger partial charge in [0, 0.05) is 15.6 Å². The van der Waals surface area contributed by atoms with Crippen molar-refractivity contribution in [3.05, 3.63) is 32.9 Å². The molecule has 14 heavy (non-hydrogen) atoms. The van der Waals surface area contributed by atoms with E-state index in [9.17, 15) is 8.78 Å². The quantitative estimate of drug-likeness (QED) is 0.781. The Morgan fingerprint density at radius 3 is 2.64 bits per heavy atom. The summed E-state index contributed by atoms with van der Waals surface area (Å²) in [6.45, 7) is 0. The van der Waals surface area contributed by atoms with E-state index in [-0.39, 0.29) is 5.56 Å². The maximum Gasteiger partial charge on any atom is 0.263 e. The van der Waals surface area contributed by atoms with E-state index in [1.807, 2.05) is 28.7 Å². The van der Waals surface area contributed by atoms with E-state index < -0.39 is 6.43 Å². The fourth-order valence-electron chi connectivity index (χ4n) is 1.09. The van der Waals surface area contributed by atoms with Crippen molar-refractivity contribution < 1.29 is 8.78 Å². The van der Waals surface area contributed by atoms with E-state index in [2.05, 4.69) is 0 Å². The van der Waals surface area contributed by atoms with E-state index in [0.717, 1.165) is 9.13 Å². The third-order valence-corrected chi connectivity index (χ3v) is 2.84. The van der Waals surface area contributed by atoms with E-state index >= 15 is 0 Å². The molecule has 1 nitrogen and oxygen atoms in total. The van der Waals surface area contributed by atoms with Crippen LogP contribution in [0.3, 0.4) is 0 Å². The molecule has 0 aliphatic heterocycles. The highest BCUT2D eigenvalue weighted by Gasteiger charge is 2.08. The van der Waals surface area contributed by atoms with Crippen LogP contribution in [0, 0.1) is 14.9 Å². The highest BCUT2D eigenvalue weighted by Crippen LogP contribution is 2.23. The topological polar surface area (TPSA) is 23.8 Å². The van der Waals surface area contributed by atoms with Gasteiger partial charge in [-0.15, -0.1) is 0 Å². The maximum atomic E-state index is 12.3. The summed E-state index contributed by atoms with van der Waals surface area (Å²) in [5.74, 6) is 0. The fourth-order valence-corrected chi connectivity index (χ4v) is 1.90. The highest BCUT2D eigenvalue weighted by molar-refractivity contribution is 14.1. The summed E-state index contributed by atoms with van der Waals surface area (Å²) in [5, 5.41) is 8.39. The van der Waals surface area contributed by atoms with E-state index in [0.29, 0.717) is 12.8 Å². The van der Waals surface area contributed by atoms with Crippen LogP contribution < -0.4 is 0 Å². The Morgan fingerprint density at radius 2 is 2.14 bits per heavy atom. The molecule has 0 fully saturated rings. The molecule has 0 bridgehead atoms. The van der Waals surface area contributed by atoms with Gasteiger partial charge in [0.2, 0.25) is 0 Å². The molecule has 0 aromatic heterocycles. The van der Waals surface area contributed by atoms with Crippen LogP contribution in [-0.2, 0) is 6.42 Å². The fraction of sp³-hybridized carbons (Fsp3) is 0.300. The van der Waals surface area contributed by atoms with Gasteiger partial charge in [0.05, 0.1) is 6.07 Å². The Labute approximate surface area is 94.9 Å². The van der Waals surface area contributed by atoms with Crippen LogP contribution in [0.15, 0.2) is 18.2 Å². The molecular formula is C10H8F2IN. The summed E-state index contributed by atoms with van der Waals surface area (Å²) >= 11 is 2.02. The van der Waals surface area contributed by atoms with E-state index in [4.69, 9.17) is 5.26 Å². The zero-order chi connectivity index (χ0) is 10.6. The third kappa shape index (κ3) is 2.91. The monoisotopic (exact) mass is 307 g/mol. The summed E-state index contributed by atoms with van der Waals surface area (Å²) in [7, 11) is 0. The zero-order valence-electron chi connectivity index (χ0n) is 7.30. The molecule has 0 spiro atoms. The number of alkyl halides is 2. The van der Waals surface area contributed by atoms with Crippen molar-refractivity contribution in [1.29, 1.82) is 5.26 Å². The molecular weight excluding hydrogens is 299 g/mol. The second-order valence-corrected chi connectivity index (χ2v) is 3.97. The number of aryl methyl sites for hydroxylation is 1. The molecule has 0 saturated carbocycles. The smallest absolute Gasteiger partial charge is 0.205 e. The Morgan fingerprint density at radius 1 is 1.43 bits per heavy atom. The summed E-state index contributed by atoms with van der Waals surface area (Å²) in [6.07, 6.45) is -1.38. The van der Waals surface area contributed by atoms with E-state index in [1.54, 1.807) is 6.07 Å². The van der Waals surface area contributed by atoms with Crippen LogP contribution in [0.5, 0.6) is 0 Å². The molecule has 74 valence electrons. The molecule has 0 heterocycles. The molecule has 0 unspecified atom stereocenters. The van der Waals surface area contributed by atoms with Crippen LogP contribution >= 0.6 is 22.6 Å². The number of benzene rings is 1. The lowest BCUT2D eigenvalue weighted by atomic mass is 10.1. The third-order valence-electron chi connectivity index (χ3n) is 1.84. The van der Waals surface area contributed by atoms with Crippen molar-refractivity contribution in [3.63, 3.8) is 0 Å². The predicted molar refractivity (Wildman–Crippen MR) is 58.1 cm³/mol. The summed E-state index contributed by atoms with van der Waals surface area (Å²) in [4.78, 5) is 0. The summed E-state index contributed by atoms with van der Waals surface area (Å²) in [5.41, 5.74) is 0.992. The van der Waals surface area contributed by atoms with Crippen molar-refractivity contribution in [1.82, 2.24) is 0 Å². The average Bonchev–Trinajstić information content (AvgIpc) is 2.15. The first-order valence-electron chi connectivity index (χ1n) is 4.08. The lowest BCUT2D eigenvalue weighted by Crippen LogP contribution is -1.92. The molecule has 0 aliphatic carbocycles. The van der Waals surface area contributed by atoms with Crippen molar-refractivity contribution in [3.8, 4) is 6.07 Å². The second kappa shape index (κ2) is 5.25. The molecule has 0 amide bonds. The van der Waals surface area contributed by atoms with Crippen molar-refractivity contribution in [2.24, 2.45) is 0 Å². The van der Waals surface area contributed by atoms with Gasteiger partial charge in [0.15, 0.2) is 0 Å². The molecule has 0 radical (unpaired) electrons. The molecule has 0 aliphatic rings. The molecule has 0 N–H and O–H groups in total. The number of nitrogens with zero attached hydrogens (tertiary/aromatic N) is 1. The normalized spacial score (nSPS) is 10.2. The minimum absolute atomic E-state index is 0.0371. The molecule has 1 rings (SSSR count). The van der Waals surface area contributed by atoms with Gasteiger partial charge in [0.1, 0.15) is 0 Å². The number of halogens is 3. The van der Waals surface area contributed by atoms with E-state index in [1.165, 1.54) is 12.1 Å². The molecule has 1 aromatic carbocycles. The number of hydrogen-bond donors (Lipinski definition) is 0. The first-order chi connectivity index (χ1) is 6.65. The van der Waals surface area contributed by atoms with Gasteiger partial charge in [0.25, 0.3) is 6.43 Å². The van der Waals surface area contributed by atoms with Crippen LogP contribution in [-0.4, -0.2) is 0 Å². The summed E-state index contributed by atoms with van der Waals surface area (Å²) < 4.78 is 25.4. The zero-order valence-corrected chi connectivity index (χ0v) is 9.46. The number of hydrogen-bond acceptors (Lipinski definition) is 1. The number of rotatable bonds is 3. The maximum absolute atomic E-state index is 12.3. The molecule has 1 aromatic rings. The summed E-state index contributed by atoms with van der Waals surface area (Å²) in [6, 6.07) is 6.58. The second-order valence-electron chi connectivity index (χ2n) is 2.81. The van der Waals surface area contributed by atoms with Crippen molar-refractivity contribution in [2.45, 2.75) is 19.3 Å². The first kappa shape index (κ1) is 11.4. The standard InChI is InChI=1S/C10H8F2IN/c11-10(12)8-4-3-7(2-1-5-14)9(13)6-8/h3-4,6,10H,1-2H2. The molecule has 4 heteroatoms. The molecule has 0 atom stereocenters. The predicted octanol–water partition coefficient (Wildman–Crippen LogP) is 3.68. The lowest BCUT2D eigenvalue weighted by Gasteiger charge is -2.04. The van der Waals surface area contributed by atoms with Gasteiger partial charge >= 0.3 is 0 Å². The van der Waals surface area contributed by atoms with Crippen molar-refractivity contribution >= 4 is 22.6 Å². The van der Waals surface area contributed by atoms with Gasteiger partial charge in [-0.3, -0.25) is 0 Å². The van der Waals surface area contributed by atoms with Crippen LogP contribution in [0.2, 0.25) is 0 Å². The lowest BCUT2D eigenvalue weighted by molar-refractivity contribution is 0.151. The van der Waals surface area contributed by atoms with Gasteiger partial charge < -0.3 is 0 Å². The van der Waals surface area contributed by atoms with Crippen LogP contribution in [0.1, 0.15) is 24.0 Å². The average molecular weight is 307 g/mol. The Kier molecular flexibility index (Phi) is 4.26. The first-order valence-corrected chi connectivity index (χ1v) is 5.16. The highest BCUT2D eigenvalue weighted by atomic mass is 127. The largest absolute Gasteiger partial charge is 0.263 e. The van der Waals surface area contributed by atoms with Crippen LogP contribution in [0.25, 0.3) is 0 Å². The minimum atomic E-state index is -2.42. The van der Waals surface area contributed by atoms with Gasteiger partial charge in [-0.05, 0) is 40.6 Å².